The highest BCUT2D eigenvalue weighted by Gasteiger charge is 2.24. The first kappa shape index (κ1) is 17.4. The van der Waals surface area contributed by atoms with Crippen molar-refractivity contribution >= 4 is 5.91 Å². The van der Waals surface area contributed by atoms with Crippen LogP contribution >= 0.6 is 0 Å². The Morgan fingerprint density at radius 2 is 1.81 bits per heavy atom. The largest absolute Gasteiger partial charge is 0.416 e. The van der Waals surface area contributed by atoms with Crippen LogP contribution in [0.2, 0.25) is 0 Å². The minimum Gasteiger partial charge on any atom is -0.416 e. The van der Waals surface area contributed by atoms with Crippen LogP contribution in [0.1, 0.15) is 22.8 Å². The van der Waals surface area contributed by atoms with E-state index in [9.17, 15) is 4.79 Å². The summed E-state index contributed by atoms with van der Waals surface area (Å²) in [6.07, 6.45) is 0. The van der Waals surface area contributed by atoms with E-state index in [0.717, 1.165) is 16.7 Å². The van der Waals surface area contributed by atoms with E-state index >= 15 is 0 Å². The smallest absolute Gasteiger partial charge is 0.254 e. The zero-order chi connectivity index (χ0) is 18.8. The van der Waals surface area contributed by atoms with Gasteiger partial charge in [0.05, 0.1) is 19.3 Å². The molecule has 0 aliphatic carbocycles. The van der Waals surface area contributed by atoms with Crippen molar-refractivity contribution in [3.05, 3.63) is 59.7 Å². The van der Waals surface area contributed by atoms with Crippen LogP contribution in [0, 0.1) is 6.92 Å². The molecule has 1 saturated heterocycles. The summed E-state index contributed by atoms with van der Waals surface area (Å²) in [5.74, 6) is 0.935. The van der Waals surface area contributed by atoms with Gasteiger partial charge in [0.2, 0.25) is 11.8 Å². The molecule has 1 fully saturated rings. The Morgan fingerprint density at radius 3 is 2.52 bits per heavy atom. The monoisotopic (exact) mass is 363 g/mol. The predicted octanol–water partition coefficient (Wildman–Crippen LogP) is 3.57. The number of nitrogens with zero attached hydrogens (tertiary/aromatic N) is 3. The lowest BCUT2D eigenvalue weighted by Crippen LogP contribution is -2.47. The molecule has 1 aromatic heterocycles. The fourth-order valence-corrected chi connectivity index (χ4v) is 3.18. The molecule has 0 N–H and O–H groups in total. The van der Waals surface area contributed by atoms with Crippen molar-refractivity contribution in [2.24, 2.45) is 0 Å². The summed E-state index contributed by atoms with van der Waals surface area (Å²) in [4.78, 5) is 14.5. The van der Waals surface area contributed by atoms with Crippen molar-refractivity contribution in [1.82, 2.24) is 15.1 Å². The van der Waals surface area contributed by atoms with Crippen molar-refractivity contribution in [1.29, 1.82) is 0 Å². The first-order valence-corrected chi connectivity index (χ1v) is 9.01. The van der Waals surface area contributed by atoms with E-state index in [1.807, 2.05) is 55.1 Å². The van der Waals surface area contributed by atoms with Crippen LogP contribution in [0.3, 0.4) is 0 Å². The lowest BCUT2D eigenvalue weighted by molar-refractivity contribution is 0.00359. The van der Waals surface area contributed by atoms with E-state index in [2.05, 4.69) is 10.2 Å². The molecule has 1 aliphatic heterocycles. The normalized spacial score (nSPS) is 17.1. The molecule has 0 spiro atoms. The minimum absolute atomic E-state index is 0.0170. The number of morpholine rings is 1. The first-order valence-electron chi connectivity index (χ1n) is 9.01. The molecule has 4 rings (SSSR count). The summed E-state index contributed by atoms with van der Waals surface area (Å²) in [5.41, 5.74) is 3.45. The quantitative estimate of drug-likeness (QED) is 0.711. The van der Waals surface area contributed by atoms with Gasteiger partial charge in [-0.3, -0.25) is 4.79 Å². The summed E-state index contributed by atoms with van der Waals surface area (Å²) >= 11 is 0. The van der Waals surface area contributed by atoms with Gasteiger partial charge in [-0.15, -0.1) is 10.2 Å². The fourth-order valence-electron chi connectivity index (χ4n) is 3.18. The summed E-state index contributed by atoms with van der Waals surface area (Å²) < 4.78 is 11.2. The fraction of sp³-hybridized carbons (Fsp3) is 0.286. The molecule has 27 heavy (non-hydrogen) atoms. The van der Waals surface area contributed by atoms with Gasteiger partial charge in [0.1, 0.15) is 0 Å². The number of benzene rings is 2. The summed E-state index contributed by atoms with van der Waals surface area (Å²) in [6.45, 7) is 5.79. The molecule has 2 heterocycles. The van der Waals surface area contributed by atoms with E-state index in [0.29, 0.717) is 37.1 Å². The SMILES string of the molecule is Cc1cccc(-c2nnc(-c3ccc(C(=O)N4CCOCC4C)cc3)o2)c1. The molecule has 1 amide bonds. The number of ether oxygens (including phenoxy) is 1. The number of carbonyl (C=O) groups excluding carboxylic acids is 1. The molecule has 1 aliphatic rings. The topological polar surface area (TPSA) is 68.5 Å². The van der Waals surface area contributed by atoms with Crippen LogP contribution in [0.5, 0.6) is 0 Å². The summed E-state index contributed by atoms with van der Waals surface area (Å²) in [6, 6.07) is 15.3. The molecule has 0 bridgehead atoms. The third-order valence-corrected chi connectivity index (χ3v) is 4.70. The lowest BCUT2D eigenvalue weighted by Gasteiger charge is -2.33. The Hall–Kier alpha value is -2.99. The summed E-state index contributed by atoms with van der Waals surface area (Å²) in [5, 5.41) is 8.28. The third-order valence-electron chi connectivity index (χ3n) is 4.70. The van der Waals surface area contributed by atoms with Gasteiger partial charge in [-0.05, 0) is 50.2 Å². The highest BCUT2D eigenvalue weighted by molar-refractivity contribution is 5.94. The number of hydrogen-bond donors (Lipinski definition) is 0. The molecular formula is C21H21N3O3. The van der Waals surface area contributed by atoms with Gasteiger partial charge in [0.25, 0.3) is 5.91 Å². The van der Waals surface area contributed by atoms with Crippen molar-refractivity contribution < 1.29 is 13.9 Å². The van der Waals surface area contributed by atoms with Crippen molar-refractivity contribution in [3.8, 4) is 22.9 Å². The highest BCUT2D eigenvalue weighted by atomic mass is 16.5. The Balaban J connectivity index is 1.53. The molecule has 0 saturated carbocycles. The molecule has 6 nitrogen and oxygen atoms in total. The van der Waals surface area contributed by atoms with Crippen LogP contribution in [0.15, 0.2) is 52.9 Å². The molecule has 138 valence electrons. The third kappa shape index (κ3) is 3.61. The van der Waals surface area contributed by atoms with Crippen LogP contribution < -0.4 is 0 Å². The zero-order valence-corrected chi connectivity index (χ0v) is 15.4. The van der Waals surface area contributed by atoms with E-state index in [1.54, 1.807) is 12.1 Å². The van der Waals surface area contributed by atoms with Crippen LogP contribution in [0.25, 0.3) is 22.9 Å². The predicted molar refractivity (Wildman–Crippen MR) is 101 cm³/mol. The van der Waals surface area contributed by atoms with Crippen molar-refractivity contribution in [2.75, 3.05) is 19.8 Å². The number of amides is 1. The van der Waals surface area contributed by atoms with Crippen molar-refractivity contribution in [3.63, 3.8) is 0 Å². The van der Waals surface area contributed by atoms with E-state index < -0.39 is 0 Å². The van der Waals surface area contributed by atoms with Crippen molar-refractivity contribution in [2.45, 2.75) is 19.9 Å². The van der Waals surface area contributed by atoms with E-state index in [4.69, 9.17) is 9.15 Å². The van der Waals surface area contributed by atoms with Gasteiger partial charge < -0.3 is 14.1 Å². The standard InChI is InChI=1S/C21H21N3O3/c1-14-4-3-5-18(12-14)20-23-22-19(27-20)16-6-8-17(9-7-16)21(25)24-10-11-26-13-15(24)2/h3-9,12,15H,10-11,13H2,1-2H3. The van der Waals surface area contributed by atoms with Gasteiger partial charge in [0, 0.05) is 23.2 Å². The number of hydrogen-bond acceptors (Lipinski definition) is 5. The second-order valence-electron chi connectivity index (χ2n) is 6.78. The Labute approximate surface area is 157 Å². The Bertz CT molecular complexity index is 949. The molecular weight excluding hydrogens is 342 g/mol. The lowest BCUT2D eigenvalue weighted by atomic mass is 10.1. The minimum atomic E-state index is 0.0170. The maximum absolute atomic E-state index is 12.7. The maximum Gasteiger partial charge on any atom is 0.254 e. The molecule has 0 radical (unpaired) electrons. The van der Waals surface area contributed by atoms with Gasteiger partial charge in [-0.2, -0.15) is 0 Å². The van der Waals surface area contributed by atoms with E-state index in [-0.39, 0.29) is 11.9 Å². The number of rotatable bonds is 3. The van der Waals surface area contributed by atoms with Gasteiger partial charge in [-0.25, -0.2) is 0 Å². The Morgan fingerprint density at radius 1 is 1.07 bits per heavy atom. The van der Waals surface area contributed by atoms with Gasteiger partial charge >= 0.3 is 0 Å². The van der Waals surface area contributed by atoms with Crippen LogP contribution in [-0.2, 0) is 4.74 Å². The van der Waals surface area contributed by atoms with Gasteiger partial charge in [-0.1, -0.05) is 17.7 Å². The summed E-state index contributed by atoms with van der Waals surface area (Å²) in [7, 11) is 0. The number of aryl methyl sites for hydroxylation is 1. The maximum atomic E-state index is 12.7. The second kappa shape index (κ2) is 7.32. The van der Waals surface area contributed by atoms with E-state index in [1.165, 1.54) is 0 Å². The second-order valence-corrected chi connectivity index (χ2v) is 6.78. The average Bonchev–Trinajstić information content (AvgIpc) is 3.18. The molecule has 1 atom stereocenters. The average molecular weight is 363 g/mol. The first-order chi connectivity index (χ1) is 13.1. The molecule has 3 aromatic rings. The molecule has 2 aromatic carbocycles. The molecule has 6 heteroatoms. The van der Waals surface area contributed by atoms with Crippen LogP contribution in [-0.4, -0.2) is 46.8 Å². The highest BCUT2D eigenvalue weighted by Crippen LogP contribution is 2.25. The van der Waals surface area contributed by atoms with Crippen LogP contribution in [0.4, 0.5) is 0 Å². The molecule has 1 unspecified atom stereocenters. The number of carbonyl (C=O) groups is 1. The number of aromatic nitrogens is 2. The Kier molecular flexibility index (Phi) is 4.73. The van der Waals surface area contributed by atoms with Gasteiger partial charge in [0.15, 0.2) is 0 Å². The zero-order valence-electron chi connectivity index (χ0n) is 15.4.